The number of unbranched alkanes of at least 4 members (excludes halogenated alkanes) is 2. The van der Waals surface area contributed by atoms with Crippen LogP contribution in [-0.2, 0) is 8.85 Å². The highest BCUT2D eigenvalue weighted by atomic mass is 28.4. The van der Waals surface area contributed by atoms with Gasteiger partial charge in [-0.05, 0) is 46.7 Å². The van der Waals surface area contributed by atoms with E-state index in [4.69, 9.17) is 8.85 Å². The van der Waals surface area contributed by atoms with Gasteiger partial charge in [0.05, 0.1) is 11.9 Å². The second-order valence-corrected chi connectivity index (χ2v) is 8.49. The molecule has 0 atom stereocenters. The molecule has 0 N–H and O–H groups in total. The van der Waals surface area contributed by atoms with Gasteiger partial charge in [0.25, 0.3) is 0 Å². The van der Waals surface area contributed by atoms with Crippen LogP contribution in [0.3, 0.4) is 0 Å². The van der Waals surface area contributed by atoms with Crippen LogP contribution in [0.4, 0.5) is 0 Å². The Labute approximate surface area is 95.9 Å². The molecule has 0 unspecified atom stereocenters. The van der Waals surface area contributed by atoms with Crippen LogP contribution in [0.25, 0.3) is 0 Å². The molecule has 15 heavy (non-hydrogen) atoms. The third kappa shape index (κ3) is 10.0. The highest BCUT2D eigenvalue weighted by molar-refractivity contribution is 6.64. The molecule has 0 saturated heterocycles. The van der Waals surface area contributed by atoms with E-state index in [2.05, 4.69) is 46.9 Å². The zero-order chi connectivity index (χ0) is 11.9. The Bertz CT molecular complexity index is 192. The Kier molecular flexibility index (Phi) is 6.21. The van der Waals surface area contributed by atoms with Crippen molar-refractivity contribution in [3.63, 3.8) is 0 Å². The largest absolute Gasteiger partial charge is 0.527 e. The lowest BCUT2D eigenvalue weighted by atomic mass is 10.2. The second kappa shape index (κ2) is 6.33. The fourth-order valence-corrected chi connectivity index (χ4v) is 3.31. The van der Waals surface area contributed by atoms with Crippen LogP contribution in [-0.4, -0.2) is 14.2 Å². The van der Waals surface area contributed by atoms with Crippen molar-refractivity contribution >= 4 is 8.56 Å². The number of hydrogen-bond acceptors (Lipinski definition) is 2. The van der Waals surface area contributed by atoms with E-state index in [-0.39, 0.29) is 5.60 Å². The van der Waals surface area contributed by atoms with Gasteiger partial charge >= 0.3 is 8.56 Å². The minimum Gasteiger partial charge on any atom is -0.527 e. The van der Waals surface area contributed by atoms with Gasteiger partial charge in [0.2, 0.25) is 0 Å². The monoisotopic (exact) mass is 230 g/mol. The van der Waals surface area contributed by atoms with Gasteiger partial charge in [-0.15, -0.1) is 0 Å². The average Bonchev–Trinajstić information content (AvgIpc) is 1.99. The molecular formula is C12H26O2Si. The summed E-state index contributed by atoms with van der Waals surface area (Å²) in [5.74, 6) is 0. The van der Waals surface area contributed by atoms with E-state index in [1.165, 1.54) is 12.8 Å². The maximum Gasteiger partial charge on any atom is 0.392 e. The first-order chi connectivity index (χ1) is 6.77. The number of hydrogen-bond donors (Lipinski definition) is 0. The Balaban J connectivity index is 3.88. The van der Waals surface area contributed by atoms with Crippen LogP contribution in [0, 0.1) is 0 Å². The summed E-state index contributed by atoms with van der Waals surface area (Å²) in [7, 11) is -1.99. The van der Waals surface area contributed by atoms with Gasteiger partial charge in [-0.2, -0.15) is 0 Å². The van der Waals surface area contributed by atoms with Crippen LogP contribution in [0.5, 0.6) is 0 Å². The lowest BCUT2D eigenvalue weighted by molar-refractivity contribution is 0.0864. The molecule has 0 aliphatic rings. The third-order valence-corrected chi connectivity index (χ3v) is 3.53. The molecule has 0 aromatic carbocycles. The molecule has 0 aromatic heterocycles. The average molecular weight is 230 g/mol. The van der Waals surface area contributed by atoms with Gasteiger partial charge in [0.15, 0.2) is 0 Å². The summed E-state index contributed by atoms with van der Waals surface area (Å²) < 4.78 is 11.6. The highest BCUT2D eigenvalue weighted by Gasteiger charge is 2.30. The quantitative estimate of drug-likeness (QED) is 0.386. The molecule has 0 rings (SSSR count). The Morgan fingerprint density at radius 2 is 1.80 bits per heavy atom. The van der Waals surface area contributed by atoms with Crippen LogP contribution in [0.15, 0.2) is 12.3 Å². The van der Waals surface area contributed by atoms with E-state index in [1.807, 2.05) is 6.26 Å². The van der Waals surface area contributed by atoms with Gasteiger partial charge in [-0.25, -0.2) is 0 Å². The van der Waals surface area contributed by atoms with Gasteiger partial charge in [0.1, 0.15) is 0 Å². The highest BCUT2D eigenvalue weighted by Crippen LogP contribution is 2.17. The van der Waals surface area contributed by atoms with Crippen LogP contribution < -0.4 is 0 Å². The molecular weight excluding hydrogens is 204 g/mol. The van der Waals surface area contributed by atoms with Crippen LogP contribution >= 0.6 is 0 Å². The summed E-state index contributed by atoms with van der Waals surface area (Å²) >= 11 is 0. The van der Waals surface area contributed by atoms with Gasteiger partial charge in [-0.3, -0.25) is 0 Å². The van der Waals surface area contributed by atoms with Crippen molar-refractivity contribution in [3.05, 3.63) is 12.3 Å². The Morgan fingerprint density at radius 1 is 1.20 bits per heavy atom. The van der Waals surface area contributed by atoms with E-state index in [9.17, 15) is 0 Å². The zero-order valence-corrected chi connectivity index (χ0v) is 12.1. The Morgan fingerprint density at radius 3 is 2.27 bits per heavy atom. The summed E-state index contributed by atoms with van der Waals surface area (Å²) in [6, 6.07) is 0. The minimum atomic E-state index is -1.99. The molecule has 0 spiro atoms. The lowest BCUT2D eigenvalue weighted by Crippen LogP contribution is -2.40. The summed E-state index contributed by atoms with van der Waals surface area (Å²) in [5.41, 5.74) is -0.118. The molecule has 0 aliphatic heterocycles. The molecule has 90 valence electrons. The van der Waals surface area contributed by atoms with Crippen LogP contribution in [0.1, 0.15) is 47.0 Å². The molecule has 0 aromatic rings. The SMILES string of the molecule is CCCC/C=C/O[Si](C)(C)OC(C)(C)C. The molecule has 0 amide bonds. The summed E-state index contributed by atoms with van der Waals surface area (Å²) in [6.07, 6.45) is 7.44. The van der Waals surface area contributed by atoms with Crippen molar-refractivity contribution in [2.45, 2.75) is 65.7 Å². The standard InChI is InChI=1S/C12H26O2Si/c1-7-8-9-10-11-13-15(5,6)14-12(2,3)4/h10-11H,7-9H2,1-6H3/b11-10+. The van der Waals surface area contributed by atoms with Gasteiger partial charge < -0.3 is 8.85 Å². The molecule has 0 aliphatic carbocycles. The van der Waals surface area contributed by atoms with Crippen molar-refractivity contribution in [3.8, 4) is 0 Å². The molecule has 0 fully saturated rings. The van der Waals surface area contributed by atoms with Crippen molar-refractivity contribution in [1.29, 1.82) is 0 Å². The van der Waals surface area contributed by atoms with Gasteiger partial charge in [-0.1, -0.05) is 19.4 Å². The fourth-order valence-electron chi connectivity index (χ4n) is 1.36. The van der Waals surface area contributed by atoms with E-state index >= 15 is 0 Å². The van der Waals surface area contributed by atoms with Crippen molar-refractivity contribution in [2.75, 3.05) is 0 Å². The van der Waals surface area contributed by atoms with E-state index < -0.39 is 8.56 Å². The number of allylic oxidation sites excluding steroid dienone is 1. The first-order valence-electron chi connectivity index (χ1n) is 5.80. The summed E-state index contributed by atoms with van der Waals surface area (Å²) in [5, 5.41) is 0. The van der Waals surface area contributed by atoms with Gasteiger partial charge in [0, 0.05) is 0 Å². The van der Waals surface area contributed by atoms with E-state index in [0.717, 1.165) is 6.42 Å². The van der Waals surface area contributed by atoms with Crippen molar-refractivity contribution in [2.24, 2.45) is 0 Å². The maximum absolute atomic E-state index is 5.90. The first-order valence-corrected chi connectivity index (χ1v) is 8.61. The predicted octanol–water partition coefficient (Wildman–Crippen LogP) is 4.22. The molecule has 2 nitrogen and oxygen atoms in total. The predicted molar refractivity (Wildman–Crippen MR) is 68.1 cm³/mol. The minimum absolute atomic E-state index is 0.118. The molecule has 0 radical (unpaired) electrons. The normalized spacial score (nSPS) is 13.5. The van der Waals surface area contributed by atoms with E-state index in [1.54, 1.807) is 0 Å². The topological polar surface area (TPSA) is 18.5 Å². The van der Waals surface area contributed by atoms with E-state index in [0.29, 0.717) is 0 Å². The number of rotatable bonds is 6. The molecule has 0 heterocycles. The summed E-state index contributed by atoms with van der Waals surface area (Å²) in [6.45, 7) is 12.5. The zero-order valence-electron chi connectivity index (χ0n) is 11.1. The maximum atomic E-state index is 5.90. The smallest absolute Gasteiger partial charge is 0.392 e. The molecule has 0 saturated carbocycles. The van der Waals surface area contributed by atoms with Crippen molar-refractivity contribution in [1.82, 2.24) is 0 Å². The molecule has 3 heteroatoms. The summed E-state index contributed by atoms with van der Waals surface area (Å²) in [4.78, 5) is 0. The lowest BCUT2D eigenvalue weighted by Gasteiger charge is -2.30. The molecule has 0 bridgehead atoms. The fraction of sp³-hybridized carbons (Fsp3) is 0.833. The Hall–Kier alpha value is -0.283. The first kappa shape index (κ1) is 14.7. The van der Waals surface area contributed by atoms with Crippen molar-refractivity contribution < 1.29 is 8.85 Å². The second-order valence-electron chi connectivity index (χ2n) is 5.25. The van der Waals surface area contributed by atoms with Crippen LogP contribution in [0.2, 0.25) is 13.1 Å². The third-order valence-electron chi connectivity index (χ3n) is 1.72.